The number of aromatic amines is 1. The van der Waals surface area contributed by atoms with Crippen LogP contribution in [-0.2, 0) is 0 Å². The number of hydrogen-bond donors (Lipinski definition) is 2. The minimum Gasteiger partial charge on any atom is -0.351 e. The van der Waals surface area contributed by atoms with Crippen molar-refractivity contribution in [3.8, 4) is 0 Å². The van der Waals surface area contributed by atoms with Gasteiger partial charge in [-0.05, 0) is 18.8 Å². The summed E-state index contributed by atoms with van der Waals surface area (Å²) in [6.45, 7) is 3.14. The highest BCUT2D eigenvalue weighted by atomic mass is 35.5. The van der Waals surface area contributed by atoms with Crippen LogP contribution in [0.25, 0.3) is 0 Å². The molecule has 1 aromatic rings. The Bertz CT molecular complexity index is 491. The lowest BCUT2D eigenvalue weighted by Crippen LogP contribution is -2.51. The van der Waals surface area contributed by atoms with Crippen molar-refractivity contribution in [3.63, 3.8) is 0 Å². The number of nitro groups is 1. The van der Waals surface area contributed by atoms with E-state index in [1.807, 2.05) is 0 Å². The fourth-order valence-corrected chi connectivity index (χ4v) is 2.63. The van der Waals surface area contributed by atoms with Gasteiger partial charge in [-0.25, -0.2) is 0 Å². The largest absolute Gasteiger partial charge is 0.351 e. The van der Waals surface area contributed by atoms with Gasteiger partial charge in [0.1, 0.15) is 5.69 Å². The molecule has 7 nitrogen and oxygen atoms in total. The first-order chi connectivity index (χ1) is 9.04. The monoisotopic (exact) mass is 302 g/mol. The molecule has 2 rings (SSSR count). The number of H-pyrrole nitrogens is 1. The second-order valence-corrected chi connectivity index (χ2v) is 4.95. The molecule has 1 amide bonds. The first-order valence-electron chi connectivity index (χ1n) is 6.38. The van der Waals surface area contributed by atoms with Crippen molar-refractivity contribution in [1.82, 2.24) is 9.88 Å². The molecule has 0 saturated carbocycles. The molecule has 2 unspecified atom stereocenters. The van der Waals surface area contributed by atoms with E-state index in [9.17, 15) is 14.9 Å². The number of nitrogens with two attached hydrogens (primary N) is 1. The number of likely N-dealkylation sites (tertiary alicyclic amines) is 1. The van der Waals surface area contributed by atoms with E-state index in [0.29, 0.717) is 19.0 Å². The van der Waals surface area contributed by atoms with Gasteiger partial charge in [-0.15, -0.1) is 12.4 Å². The van der Waals surface area contributed by atoms with Gasteiger partial charge >= 0.3 is 0 Å². The van der Waals surface area contributed by atoms with E-state index < -0.39 is 4.92 Å². The lowest BCUT2D eigenvalue weighted by molar-refractivity contribution is -0.384. The van der Waals surface area contributed by atoms with E-state index in [0.717, 1.165) is 12.8 Å². The van der Waals surface area contributed by atoms with Gasteiger partial charge in [0.25, 0.3) is 11.6 Å². The van der Waals surface area contributed by atoms with E-state index >= 15 is 0 Å². The number of piperidine rings is 1. The van der Waals surface area contributed by atoms with Crippen LogP contribution in [0.3, 0.4) is 0 Å². The normalized spacial score (nSPS) is 22.2. The summed E-state index contributed by atoms with van der Waals surface area (Å²) in [5, 5.41) is 10.6. The lowest BCUT2D eigenvalue weighted by atomic mass is 9.90. The van der Waals surface area contributed by atoms with E-state index in [1.165, 1.54) is 12.3 Å². The molecular formula is C12H19ClN4O3. The van der Waals surface area contributed by atoms with Gasteiger partial charge in [0.15, 0.2) is 0 Å². The Morgan fingerprint density at radius 3 is 2.90 bits per heavy atom. The van der Waals surface area contributed by atoms with Crippen LogP contribution in [0.1, 0.15) is 30.3 Å². The molecule has 0 spiro atoms. The standard InChI is InChI=1S/C12H18N4O3.ClH/c1-8-3-2-4-15(11(8)6-13)12(17)10-5-9(7-14-10)16(18)19;/h5,7-8,11,14H,2-4,6,13H2,1H3;1H. The highest BCUT2D eigenvalue weighted by Gasteiger charge is 2.32. The zero-order valence-electron chi connectivity index (χ0n) is 11.2. The molecule has 1 saturated heterocycles. The van der Waals surface area contributed by atoms with Gasteiger partial charge in [-0.1, -0.05) is 6.92 Å². The Morgan fingerprint density at radius 2 is 2.35 bits per heavy atom. The van der Waals surface area contributed by atoms with Crippen LogP contribution in [0.4, 0.5) is 5.69 Å². The third-order valence-electron chi connectivity index (χ3n) is 3.73. The predicted octanol–water partition coefficient (Wildman–Crippen LogP) is 1.54. The molecule has 8 heteroatoms. The number of halogens is 1. The van der Waals surface area contributed by atoms with Crippen LogP contribution in [0.5, 0.6) is 0 Å². The molecule has 0 bridgehead atoms. The van der Waals surface area contributed by atoms with Crippen molar-refractivity contribution >= 4 is 24.0 Å². The van der Waals surface area contributed by atoms with Crippen molar-refractivity contribution in [2.45, 2.75) is 25.8 Å². The van der Waals surface area contributed by atoms with Crippen molar-refractivity contribution in [3.05, 3.63) is 28.1 Å². The van der Waals surface area contributed by atoms with E-state index in [-0.39, 0.29) is 35.7 Å². The zero-order chi connectivity index (χ0) is 14.0. The van der Waals surface area contributed by atoms with Crippen molar-refractivity contribution in [2.75, 3.05) is 13.1 Å². The second kappa shape index (κ2) is 6.71. The van der Waals surface area contributed by atoms with Gasteiger partial charge in [0.05, 0.1) is 11.1 Å². The molecule has 1 aliphatic rings. The SMILES string of the molecule is CC1CCCN(C(=O)c2cc([N+](=O)[O-])c[nH]2)C1CN.Cl. The molecular weight excluding hydrogens is 284 g/mol. The fraction of sp³-hybridized carbons (Fsp3) is 0.583. The summed E-state index contributed by atoms with van der Waals surface area (Å²) >= 11 is 0. The van der Waals surface area contributed by atoms with E-state index in [4.69, 9.17) is 5.73 Å². The zero-order valence-corrected chi connectivity index (χ0v) is 12.1. The molecule has 1 aliphatic heterocycles. The van der Waals surface area contributed by atoms with Gasteiger partial charge in [-0.3, -0.25) is 14.9 Å². The second-order valence-electron chi connectivity index (χ2n) is 4.95. The van der Waals surface area contributed by atoms with E-state index in [2.05, 4.69) is 11.9 Å². The number of carbonyl (C=O) groups excluding carboxylic acids is 1. The summed E-state index contributed by atoms with van der Waals surface area (Å²) in [5.41, 5.74) is 5.89. The molecule has 112 valence electrons. The maximum absolute atomic E-state index is 12.4. The average Bonchev–Trinajstić information content (AvgIpc) is 2.87. The van der Waals surface area contributed by atoms with Gasteiger partial charge < -0.3 is 15.6 Å². The van der Waals surface area contributed by atoms with Gasteiger partial charge in [0, 0.05) is 25.2 Å². The molecule has 1 fully saturated rings. The fourth-order valence-electron chi connectivity index (χ4n) is 2.63. The third-order valence-corrected chi connectivity index (χ3v) is 3.73. The van der Waals surface area contributed by atoms with Crippen molar-refractivity contribution in [2.24, 2.45) is 11.7 Å². The van der Waals surface area contributed by atoms with Crippen LogP contribution >= 0.6 is 12.4 Å². The smallest absolute Gasteiger partial charge is 0.287 e. The van der Waals surface area contributed by atoms with Gasteiger partial charge in [-0.2, -0.15) is 0 Å². The number of aromatic nitrogens is 1. The summed E-state index contributed by atoms with van der Waals surface area (Å²) in [7, 11) is 0. The molecule has 0 radical (unpaired) electrons. The Labute approximate surface area is 123 Å². The Hall–Kier alpha value is -1.60. The summed E-state index contributed by atoms with van der Waals surface area (Å²) in [6.07, 6.45) is 3.22. The molecule has 2 heterocycles. The van der Waals surface area contributed by atoms with Crippen LogP contribution in [0.2, 0.25) is 0 Å². The summed E-state index contributed by atoms with van der Waals surface area (Å²) in [6, 6.07) is 1.28. The van der Waals surface area contributed by atoms with Crippen LogP contribution < -0.4 is 5.73 Å². The maximum atomic E-state index is 12.4. The number of rotatable bonds is 3. The minimum atomic E-state index is -0.521. The average molecular weight is 303 g/mol. The topological polar surface area (TPSA) is 105 Å². The van der Waals surface area contributed by atoms with Crippen LogP contribution in [0, 0.1) is 16.0 Å². The first-order valence-corrected chi connectivity index (χ1v) is 6.38. The Morgan fingerprint density at radius 1 is 1.65 bits per heavy atom. The lowest BCUT2D eigenvalue weighted by Gasteiger charge is -2.39. The molecule has 0 aliphatic carbocycles. The summed E-state index contributed by atoms with van der Waals surface area (Å²) < 4.78 is 0. The first kappa shape index (κ1) is 16.5. The van der Waals surface area contributed by atoms with Crippen LogP contribution in [-0.4, -0.2) is 39.8 Å². The number of carbonyl (C=O) groups is 1. The predicted molar refractivity (Wildman–Crippen MR) is 77.0 cm³/mol. The molecule has 20 heavy (non-hydrogen) atoms. The van der Waals surface area contributed by atoms with Gasteiger partial charge in [0.2, 0.25) is 0 Å². The number of nitrogens with zero attached hydrogens (tertiary/aromatic N) is 2. The van der Waals surface area contributed by atoms with Crippen molar-refractivity contribution < 1.29 is 9.72 Å². The van der Waals surface area contributed by atoms with E-state index in [1.54, 1.807) is 4.90 Å². The van der Waals surface area contributed by atoms with Crippen molar-refractivity contribution in [1.29, 1.82) is 0 Å². The molecule has 2 atom stereocenters. The third kappa shape index (κ3) is 3.10. The molecule has 1 aromatic heterocycles. The molecule has 3 N–H and O–H groups in total. The number of amides is 1. The summed E-state index contributed by atoms with van der Waals surface area (Å²) in [5.74, 6) is 0.141. The molecule has 0 aromatic carbocycles. The number of hydrogen-bond acceptors (Lipinski definition) is 4. The minimum absolute atomic E-state index is 0. The highest BCUT2D eigenvalue weighted by molar-refractivity contribution is 5.93. The van der Waals surface area contributed by atoms with Crippen LogP contribution in [0.15, 0.2) is 12.3 Å². The Kier molecular flexibility index (Phi) is 5.52. The number of nitrogens with one attached hydrogen (secondary N) is 1. The highest BCUT2D eigenvalue weighted by Crippen LogP contribution is 2.25. The summed E-state index contributed by atoms with van der Waals surface area (Å²) in [4.78, 5) is 26.9. The maximum Gasteiger partial charge on any atom is 0.287 e. The quantitative estimate of drug-likeness (QED) is 0.652. The Balaban J connectivity index is 0.00000200.